The van der Waals surface area contributed by atoms with Crippen LogP contribution in [0.2, 0.25) is 0 Å². The van der Waals surface area contributed by atoms with Crippen molar-refractivity contribution in [3.8, 4) is 11.4 Å². The molecule has 0 amide bonds. The van der Waals surface area contributed by atoms with Crippen molar-refractivity contribution in [2.75, 3.05) is 7.11 Å². The Bertz CT molecular complexity index is 697. The number of benzene rings is 2. The van der Waals surface area contributed by atoms with Gasteiger partial charge in [-0.15, -0.1) is 16.9 Å². The van der Waals surface area contributed by atoms with Crippen molar-refractivity contribution in [1.29, 1.82) is 0 Å². The summed E-state index contributed by atoms with van der Waals surface area (Å²) in [6.45, 7) is 0. The Labute approximate surface area is 126 Å². The van der Waals surface area contributed by atoms with Gasteiger partial charge in [0.1, 0.15) is 5.75 Å². The van der Waals surface area contributed by atoms with E-state index in [2.05, 4.69) is 15.5 Å². The van der Waals surface area contributed by atoms with Crippen LogP contribution in [0.5, 0.6) is 5.75 Å². The molecule has 0 saturated heterocycles. The van der Waals surface area contributed by atoms with Gasteiger partial charge in [-0.1, -0.05) is 18.2 Å². The number of thioether (sulfide) groups is 1. The highest BCUT2D eigenvalue weighted by Gasteiger charge is 2.08. The first-order chi connectivity index (χ1) is 10.4. The summed E-state index contributed by atoms with van der Waals surface area (Å²) in [7, 11) is 1.66. The van der Waals surface area contributed by atoms with Gasteiger partial charge in [0, 0.05) is 4.90 Å². The second-order valence-corrected chi connectivity index (χ2v) is 5.36. The van der Waals surface area contributed by atoms with Gasteiger partial charge in [0.25, 0.3) is 0 Å². The number of hydrogen-bond donors (Lipinski definition) is 0. The number of ether oxygens (including phenoxy) is 1. The summed E-state index contributed by atoms with van der Waals surface area (Å²) >= 11 is 1.69. The molecule has 0 spiro atoms. The van der Waals surface area contributed by atoms with Crippen molar-refractivity contribution >= 4 is 11.8 Å². The second kappa shape index (κ2) is 6.41. The number of nitrogens with zero attached hydrogens (tertiary/aromatic N) is 4. The summed E-state index contributed by atoms with van der Waals surface area (Å²) in [6, 6.07) is 17.8. The second-order valence-electron chi connectivity index (χ2n) is 4.31. The number of aromatic nitrogens is 4. The van der Waals surface area contributed by atoms with E-state index < -0.39 is 0 Å². The van der Waals surface area contributed by atoms with Crippen molar-refractivity contribution in [3.63, 3.8) is 0 Å². The molecule has 0 unspecified atom stereocenters. The molecule has 0 saturated carbocycles. The molecule has 5 nitrogen and oxygen atoms in total. The van der Waals surface area contributed by atoms with Crippen LogP contribution in [0.25, 0.3) is 5.69 Å². The Hall–Kier alpha value is -2.34. The molecule has 0 fully saturated rings. The van der Waals surface area contributed by atoms with Gasteiger partial charge < -0.3 is 4.74 Å². The molecule has 1 aromatic heterocycles. The largest absolute Gasteiger partial charge is 0.497 e. The van der Waals surface area contributed by atoms with Crippen molar-refractivity contribution in [1.82, 2.24) is 20.2 Å². The Morgan fingerprint density at radius 2 is 1.81 bits per heavy atom. The number of rotatable bonds is 5. The first kappa shape index (κ1) is 13.6. The normalized spacial score (nSPS) is 10.5. The predicted molar refractivity (Wildman–Crippen MR) is 81.7 cm³/mol. The fourth-order valence-electron chi connectivity index (χ4n) is 1.89. The van der Waals surface area contributed by atoms with Gasteiger partial charge in [-0.3, -0.25) is 0 Å². The van der Waals surface area contributed by atoms with E-state index in [9.17, 15) is 0 Å². The van der Waals surface area contributed by atoms with Gasteiger partial charge in [-0.25, -0.2) is 0 Å². The van der Waals surface area contributed by atoms with Gasteiger partial charge >= 0.3 is 0 Å². The number of tetrazole rings is 1. The number of para-hydroxylation sites is 1. The maximum atomic E-state index is 5.15. The van der Waals surface area contributed by atoms with Crippen LogP contribution in [0.15, 0.2) is 59.5 Å². The molecular weight excluding hydrogens is 284 g/mol. The minimum atomic E-state index is 0.703. The van der Waals surface area contributed by atoms with Crippen LogP contribution in [0.3, 0.4) is 0 Å². The lowest BCUT2D eigenvalue weighted by atomic mass is 10.3. The first-order valence-corrected chi connectivity index (χ1v) is 7.45. The van der Waals surface area contributed by atoms with Crippen LogP contribution in [0, 0.1) is 0 Å². The maximum absolute atomic E-state index is 5.15. The van der Waals surface area contributed by atoms with E-state index in [0.29, 0.717) is 5.75 Å². The lowest BCUT2D eigenvalue weighted by Crippen LogP contribution is -2.01. The lowest BCUT2D eigenvalue weighted by molar-refractivity contribution is 0.414. The molecule has 0 atom stereocenters. The van der Waals surface area contributed by atoms with Gasteiger partial charge in [-0.05, 0) is 46.8 Å². The summed E-state index contributed by atoms with van der Waals surface area (Å²) in [5, 5.41) is 11.9. The first-order valence-electron chi connectivity index (χ1n) is 6.46. The fourth-order valence-corrected chi connectivity index (χ4v) is 2.69. The molecule has 0 aliphatic rings. The average Bonchev–Trinajstić information content (AvgIpc) is 3.03. The van der Waals surface area contributed by atoms with E-state index in [0.717, 1.165) is 22.2 Å². The van der Waals surface area contributed by atoms with Crippen LogP contribution in [-0.4, -0.2) is 27.3 Å². The van der Waals surface area contributed by atoms with E-state index in [1.807, 2.05) is 54.6 Å². The smallest absolute Gasteiger partial charge is 0.166 e. The fraction of sp³-hybridized carbons (Fsp3) is 0.133. The maximum Gasteiger partial charge on any atom is 0.166 e. The van der Waals surface area contributed by atoms with Gasteiger partial charge in [0.05, 0.1) is 18.6 Å². The van der Waals surface area contributed by atoms with E-state index in [-0.39, 0.29) is 0 Å². The third kappa shape index (κ3) is 3.22. The quantitative estimate of drug-likeness (QED) is 0.678. The zero-order valence-electron chi connectivity index (χ0n) is 11.5. The average molecular weight is 298 g/mol. The van der Waals surface area contributed by atoms with E-state index in [1.165, 1.54) is 0 Å². The molecular formula is C15H14N4OS. The zero-order valence-corrected chi connectivity index (χ0v) is 12.3. The van der Waals surface area contributed by atoms with Crippen LogP contribution >= 0.6 is 11.8 Å². The molecule has 0 aliphatic carbocycles. The number of methoxy groups -OCH3 is 1. The monoisotopic (exact) mass is 298 g/mol. The Kier molecular flexibility index (Phi) is 4.16. The van der Waals surface area contributed by atoms with Gasteiger partial charge in [-0.2, -0.15) is 4.68 Å². The molecule has 1 heterocycles. The highest BCUT2D eigenvalue weighted by Crippen LogP contribution is 2.24. The third-order valence-corrected chi connectivity index (χ3v) is 3.97. The summed E-state index contributed by atoms with van der Waals surface area (Å²) in [6.07, 6.45) is 0. The summed E-state index contributed by atoms with van der Waals surface area (Å²) in [5.41, 5.74) is 0.966. The van der Waals surface area contributed by atoms with Crippen molar-refractivity contribution in [3.05, 3.63) is 60.4 Å². The summed E-state index contributed by atoms with van der Waals surface area (Å²) in [5.74, 6) is 2.38. The highest BCUT2D eigenvalue weighted by atomic mass is 32.2. The van der Waals surface area contributed by atoms with Crippen molar-refractivity contribution < 1.29 is 4.74 Å². The van der Waals surface area contributed by atoms with Crippen LogP contribution in [0.4, 0.5) is 0 Å². The van der Waals surface area contributed by atoms with E-state index in [1.54, 1.807) is 23.6 Å². The minimum absolute atomic E-state index is 0.703. The highest BCUT2D eigenvalue weighted by molar-refractivity contribution is 7.98. The molecule has 6 heteroatoms. The van der Waals surface area contributed by atoms with Crippen molar-refractivity contribution in [2.45, 2.75) is 10.6 Å². The predicted octanol–water partition coefficient (Wildman–Crippen LogP) is 2.96. The molecule has 0 radical (unpaired) electrons. The molecule has 3 rings (SSSR count). The van der Waals surface area contributed by atoms with Crippen LogP contribution in [-0.2, 0) is 5.75 Å². The Balaban J connectivity index is 1.72. The van der Waals surface area contributed by atoms with E-state index >= 15 is 0 Å². The van der Waals surface area contributed by atoms with Crippen LogP contribution < -0.4 is 4.74 Å². The molecule has 0 N–H and O–H groups in total. The van der Waals surface area contributed by atoms with Gasteiger partial charge in [0.2, 0.25) is 0 Å². The Morgan fingerprint density at radius 3 is 2.52 bits per heavy atom. The SMILES string of the molecule is COc1ccc(SCc2nnnn2-c2ccccc2)cc1. The minimum Gasteiger partial charge on any atom is -0.497 e. The standard InChI is InChI=1S/C15H14N4OS/c1-20-13-7-9-14(10-8-13)21-11-15-16-17-18-19(15)12-5-3-2-4-6-12/h2-10H,11H2,1H3. The number of hydrogen-bond acceptors (Lipinski definition) is 5. The molecule has 3 aromatic rings. The Morgan fingerprint density at radius 1 is 1.05 bits per heavy atom. The van der Waals surface area contributed by atoms with Gasteiger partial charge in [0.15, 0.2) is 5.82 Å². The summed E-state index contributed by atoms with van der Waals surface area (Å²) < 4.78 is 6.91. The lowest BCUT2D eigenvalue weighted by Gasteiger charge is -2.05. The third-order valence-electron chi connectivity index (χ3n) is 2.96. The van der Waals surface area contributed by atoms with Crippen molar-refractivity contribution in [2.24, 2.45) is 0 Å². The summed E-state index contributed by atoms with van der Waals surface area (Å²) in [4.78, 5) is 1.15. The zero-order chi connectivity index (χ0) is 14.5. The topological polar surface area (TPSA) is 52.8 Å². The van der Waals surface area contributed by atoms with Crippen LogP contribution in [0.1, 0.15) is 5.82 Å². The molecule has 21 heavy (non-hydrogen) atoms. The molecule has 2 aromatic carbocycles. The molecule has 0 aliphatic heterocycles. The molecule has 0 bridgehead atoms. The van der Waals surface area contributed by atoms with E-state index in [4.69, 9.17) is 4.74 Å². The molecule has 106 valence electrons.